The first-order chi connectivity index (χ1) is 11.4. The lowest BCUT2D eigenvalue weighted by atomic mass is 10.0. The number of benzene rings is 1. The Balaban J connectivity index is 3.30. The molecule has 25 heavy (non-hydrogen) atoms. The zero-order valence-corrected chi connectivity index (χ0v) is 15.5. The zero-order chi connectivity index (χ0) is 19.4. The third-order valence-corrected chi connectivity index (χ3v) is 4.91. The first-order valence-electron chi connectivity index (χ1n) is 7.39. The molecule has 0 saturated heterocycles. The third kappa shape index (κ3) is 6.41. The minimum atomic E-state index is -4.58. The topological polar surface area (TPSA) is 70.6 Å². The van der Waals surface area contributed by atoms with E-state index >= 15 is 0 Å². The average molecular weight is 381 g/mol. The number of nitrogens with one attached hydrogen (secondary N) is 1. The van der Waals surface area contributed by atoms with Crippen LogP contribution in [0.1, 0.15) is 44.4 Å². The number of carbonyl (C=O) groups is 1. The fourth-order valence-electron chi connectivity index (χ4n) is 1.89. The van der Waals surface area contributed by atoms with E-state index < -0.39 is 39.9 Å². The largest absolute Gasteiger partial charge is 0.598 e. The van der Waals surface area contributed by atoms with Gasteiger partial charge in [-0.3, -0.25) is 4.79 Å². The van der Waals surface area contributed by atoms with E-state index in [-0.39, 0.29) is 17.7 Å². The number of methoxy groups -OCH3 is 2. The summed E-state index contributed by atoms with van der Waals surface area (Å²) in [5.41, 5.74) is -0.783. The number of alkyl halides is 3. The molecule has 1 aromatic carbocycles. The Hall–Kier alpha value is -1.45. The highest BCUT2D eigenvalue weighted by Crippen LogP contribution is 2.35. The van der Waals surface area contributed by atoms with Gasteiger partial charge in [0.25, 0.3) is 0 Å². The van der Waals surface area contributed by atoms with Crippen molar-refractivity contribution in [1.82, 2.24) is 4.72 Å². The maximum absolute atomic E-state index is 13.1. The number of ether oxygens (including phenoxy) is 2. The molecule has 5 nitrogen and oxygen atoms in total. The number of esters is 1. The smallest absolute Gasteiger partial charge is 0.416 e. The van der Waals surface area contributed by atoms with Crippen LogP contribution in [0.15, 0.2) is 18.2 Å². The fraction of sp³-hybridized carbons (Fsp3) is 0.562. The van der Waals surface area contributed by atoms with Crippen LogP contribution in [0.4, 0.5) is 13.2 Å². The van der Waals surface area contributed by atoms with Crippen LogP contribution < -0.4 is 9.46 Å². The van der Waals surface area contributed by atoms with Crippen molar-refractivity contribution in [3.05, 3.63) is 29.3 Å². The van der Waals surface area contributed by atoms with Crippen molar-refractivity contribution in [2.75, 3.05) is 14.2 Å². The number of hydrogen-bond donors (Lipinski definition) is 1. The summed E-state index contributed by atoms with van der Waals surface area (Å²) in [5.74, 6) is -0.650. The summed E-state index contributed by atoms with van der Waals surface area (Å²) in [4.78, 5) is 11.6. The highest BCUT2D eigenvalue weighted by Gasteiger charge is 2.35. The van der Waals surface area contributed by atoms with Gasteiger partial charge in [0.2, 0.25) is 0 Å². The van der Waals surface area contributed by atoms with Gasteiger partial charge in [0.1, 0.15) is 10.5 Å². The maximum atomic E-state index is 13.1. The Morgan fingerprint density at radius 2 is 1.84 bits per heavy atom. The minimum Gasteiger partial charge on any atom is -0.598 e. The average Bonchev–Trinajstić information content (AvgIpc) is 2.51. The first-order valence-corrected chi connectivity index (χ1v) is 8.54. The second-order valence-electron chi connectivity index (χ2n) is 6.32. The van der Waals surface area contributed by atoms with Crippen molar-refractivity contribution in [3.8, 4) is 5.75 Å². The molecule has 0 amide bonds. The van der Waals surface area contributed by atoms with E-state index in [4.69, 9.17) is 4.74 Å². The van der Waals surface area contributed by atoms with Crippen molar-refractivity contribution < 1.29 is 32.0 Å². The van der Waals surface area contributed by atoms with Crippen LogP contribution in [-0.4, -0.2) is 29.5 Å². The summed E-state index contributed by atoms with van der Waals surface area (Å²) in [7, 11) is 2.42. The van der Waals surface area contributed by atoms with Gasteiger partial charge in [-0.05, 0) is 44.5 Å². The highest BCUT2D eigenvalue weighted by atomic mass is 32.2. The first kappa shape index (κ1) is 21.6. The van der Waals surface area contributed by atoms with Crippen LogP contribution in [0.2, 0.25) is 0 Å². The summed E-state index contributed by atoms with van der Waals surface area (Å²) < 4.78 is 63.2. The molecule has 1 aromatic rings. The predicted octanol–water partition coefficient (Wildman–Crippen LogP) is 3.37. The van der Waals surface area contributed by atoms with E-state index in [1.807, 2.05) is 0 Å². The summed E-state index contributed by atoms with van der Waals surface area (Å²) >= 11 is -1.60. The summed E-state index contributed by atoms with van der Waals surface area (Å²) in [6.07, 6.45) is -4.86. The molecule has 9 heteroatoms. The van der Waals surface area contributed by atoms with Crippen molar-refractivity contribution >= 4 is 17.3 Å². The van der Waals surface area contributed by atoms with Crippen LogP contribution in [0.25, 0.3) is 0 Å². The molecule has 0 saturated carbocycles. The van der Waals surface area contributed by atoms with Gasteiger partial charge in [-0.25, -0.2) is 0 Å². The Labute approximate surface area is 148 Å². The van der Waals surface area contributed by atoms with Crippen LogP contribution in [0.5, 0.6) is 5.75 Å². The second-order valence-corrected chi connectivity index (χ2v) is 8.32. The van der Waals surface area contributed by atoms with Gasteiger partial charge in [-0.15, -0.1) is 4.72 Å². The Kier molecular flexibility index (Phi) is 7.16. The van der Waals surface area contributed by atoms with Crippen molar-refractivity contribution in [2.45, 2.75) is 44.2 Å². The highest BCUT2D eigenvalue weighted by molar-refractivity contribution is 7.90. The molecule has 0 spiro atoms. The SMILES string of the molecule is COC(=O)C[C@H](N[S@+]([O-])C(C)(C)C)c1cc(OC)cc(C(F)(F)F)c1. The quantitative estimate of drug-likeness (QED) is 0.604. The lowest BCUT2D eigenvalue weighted by Gasteiger charge is -2.28. The van der Waals surface area contributed by atoms with Gasteiger partial charge >= 0.3 is 12.1 Å². The van der Waals surface area contributed by atoms with E-state index in [0.717, 1.165) is 12.1 Å². The van der Waals surface area contributed by atoms with Gasteiger partial charge in [0.15, 0.2) is 0 Å². The molecule has 1 N–H and O–H groups in total. The molecule has 0 heterocycles. The van der Waals surface area contributed by atoms with Gasteiger partial charge in [-0.1, -0.05) is 0 Å². The molecule has 142 valence electrons. The molecule has 0 aliphatic rings. The lowest BCUT2D eigenvalue weighted by Crippen LogP contribution is -2.42. The minimum absolute atomic E-state index is 0.0111. The number of halogens is 3. The summed E-state index contributed by atoms with van der Waals surface area (Å²) in [6.45, 7) is 5.12. The number of carbonyl (C=O) groups excluding carboxylic acids is 1. The van der Waals surface area contributed by atoms with E-state index in [1.165, 1.54) is 20.3 Å². The van der Waals surface area contributed by atoms with Crippen LogP contribution >= 0.6 is 0 Å². The van der Waals surface area contributed by atoms with E-state index in [1.54, 1.807) is 20.8 Å². The molecule has 0 radical (unpaired) electrons. The third-order valence-electron chi connectivity index (χ3n) is 3.30. The van der Waals surface area contributed by atoms with E-state index in [9.17, 15) is 22.5 Å². The summed E-state index contributed by atoms with van der Waals surface area (Å²) in [5, 5.41) is 0. The zero-order valence-electron chi connectivity index (χ0n) is 14.7. The number of hydrogen-bond acceptors (Lipinski definition) is 5. The molecule has 0 unspecified atom stereocenters. The molecule has 0 fully saturated rings. The van der Waals surface area contributed by atoms with Gasteiger partial charge in [0, 0.05) is 11.4 Å². The van der Waals surface area contributed by atoms with Crippen LogP contribution in [0.3, 0.4) is 0 Å². The molecule has 0 bridgehead atoms. The monoisotopic (exact) mass is 381 g/mol. The molecular weight excluding hydrogens is 359 g/mol. The van der Waals surface area contributed by atoms with Crippen LogP contribution in [-0.2, 0) is 27.1 Å². The predicted molar refractivity (Wildman–Crippen MR) is 88.4 cm³/mol. The normalized spacial score (nSPS) is 14.8. The molecular formula is C16H22F3NO4S. The van der Waals surface area contributed by atoms with E-state index in [0.29, 0.717) is 0 Å². The Morgan fingerprint density at radius 1 is 1.24 bits per heavy atom. The standard InChI is InChI=1S/C16H22F3NO4S/c1-15(2,3)25(22)20-13(9-14(21)24-5)10-6-11(16(17,18)19)8-12(7-10)23-4/h6-8,13,20H,9H2,1-5H3/t13-,25+/m0/s1. The van der Waals surface area contributed by atoms with Gasteiger partial charge < -0.3 is 14.0 Å². The maximum Gasteiger partial charge on any atom is 0.416 e. The summed E-state index contributed by atoms with van der Waals surface area (Å²) in [6, 6.07) is 2.21. The molecule has 1 rings (SSSR count). The van der Waals surface area contributed by atoms with Crippen molar-refractivity contribution in [2.24, 2.45) is 0 Å². The van der Waals surface area contributed by atoms with Crippen molar-refractivity contribution in [1.29, 1.82) is 0 Å². The van der Waals surface area contributed by atoms with E-state index in [2.05, 4.69) is 9.46 Å². The second kappa shape index (κ2) is 8.29. The van der Waals surface area contributed by atoms with Gasteiger partial charge in [0.05, 0.1) is 32.2 Å². The fourth-order valence-corrected chi connectivity index (χ4v) is 2.72. The van der Waals surface area contributed by atoms with Gasteiger partial charge in [-0.2, -0.15) is 13.2 Å². The molecule has 0 aliphatic heterocycles. The Bertz CT molecular complexity index is 602. The molecule has 0 aromatic heterocycles. The Morgan fingerprint density at radius 3 is 2.28 bits per heavy atom. The molecule has 0 aliphatic carbocycles. The molecule has 2 atom stereocenters. The lowest BCUT2D eigenvalue weighted by molar-refractivity contribution is -0.141. The van der Waals surface area contributed by atoms with Crippen molar-refractivity contribution in [3.63, 3.8) is 0 Å². The van der Waals surface area contributed by atoms with Crippen LogP contribution in [0, 0.1) is 0 Å². The number of rotatable bonds is 6.